The first-order valence-corrected chi connectivity index (χ1v) is 7.48. The summed E-state index contributed by atoms with van der Waals surface area (Å²) in [5.74, 6) is 0.965. The molecule has 0 spiro atoms. The summed E-state index contributed by atoms with van der Waals surface area (Å²) in [6.07, 6.45) is 0. The lowest BCUT2D eigenvalue weighted by Crippen LogP contribution is -2.42. The smallest absolute Gasteiger partial charge is 0.128 e. The van der Waals surface area contributed by atoms with Crippen LogP contribution in [0.25, 0.3) is 0 Å². The molecule has 0 radical (unpaired) electrons. The summed E-state index contributed by atoms with van der Waals surface area (Å²) in [4.78, 5) is 2.32. The van der Waals surface area contributed by atoms with Crippen molar-refractivity contribution in [1.29, 1.82) is 0 Å². The van der Waals surface area contributed by atoms with E-state index in [2.05, 4.69) is 11.8 Å². The van der Waals surface area contributed by atoms with Gasteiger partial charge in [-0.2, -0.15) is 11.8 Å². The molecule has 2 rings (SSSR count). The van der Waals surface area contributed by atoms with Crippen LogP contribution < -0.4 is 5.73 Å². The van der Waals surface area contributed by atoms with E-state index in [4.69, 9.17) is 5.73 Å². The molecule has 2 nitrogen and oxygen atoms in total. The lowest BCUT2D eigenvalue weighted by atomic mass is 10.0. The van der Waals surface area contributed by atoms with Gasteiger partial charge in [-0.1, -0.05) is 24.6 Å². The predicted octanol–water partition coefficient (Wildman–Crippen LogP) is 2.57. The number of nitrogens with zero attached hydrogens (tertiary/aromatic N) is 1. The van der Waals surface area contributed by atoms with Crippen LogP contribution in [-0.4, -0.2) is 35.5 Å². The van der Waals surface area contributed by atoms with Gasteiger partial charge in [0, 0.05) is 42.2 Å². The maximum Gasteiger partial charge on any atom is 0.128 e. The molecule has 0 bridgehead atoms. The van der Waals surface area contributed by atoms with E-state index in [1.807, 2.05) is 24.8 Å². The van der Waals surface area contributed by atoms with Crippen LogP contribution in [0.5, 0.6) is 0 Å². The molecule has 2 unspecified atom stereocenters. The van der Waals surface area contributed by atoms with Crippen LogP contribution in [0.1, 0.15) is 24.1 Å². The topological polar surface area (TPSA) is 29.3 Å². The van der Waals surface area contributed by atoms with Gasteiger partial charge in [0.1, 0.15) is 5.82 Å². The van der Waals surface area contributed by atoms with Gasteiger partial charge in [-0.15, -0.1) is 0 Å². The van der Waals surface area contributed by atoms with E-state index >= 15 is 0 Å². The number of thioether (sulfide) groups is 1. The molecule has 0 amide bonds. The zero-order valence-electron chi connectivity index (χ0n) is 11.0. The van der Waals surface area contributed by atoms with E-state index < -0.39 is 0 Å². The number of aryl methyl sites for hydroxylation is 1. The number of nitrogens with two attached hydrogens (primary N) is 1. The van der Waals surface area contributed by atoms with E-state index in [1.165, 1.54) is 0 Å². The van der Waals surface area contributed by atoms with Crippen molar-refractivity contribution in [2.24, 2.45) is 5.73 Å². The van der Waals surface area contributed by atoms with Gasteiger partial charge in [0.15, 0.2) is 0 Å². The normalized spacial score (nSPS) is 23.0. The standard InChI is InChI=1S/C14H21FN2S/c1-10-3-4-13(15)12(7-10)14(8-16)17-5-6-18-11(2)9-17/h3-4,7,11,14H,5-6,8-9,16H2,1-2H3. The van der Waals surface area contributed by atoms with E-state index in [0.717, 1.165) is 30.0 Å². The van der Waals surface area contributed by atoms with E-state index in [1.54, 1.807) is 12.1 Å². The number of hydrogen-bond donors (Lipinski definition) is 1. The van der Waals surface area contributed by atoms with Crippen molar-refractivity contribution >= 4 is 11.8 Å². The van der Waals surface area contributed by atoms with Gasteiger partial charge < -0.3 is 5.73 Å². The van der Waals surface area contributed by atoms with Gasteiger partial charge in [0.2, 0.25) is 0 Å². The van der Waals surface area contributed by atoms with Crippen LogP contribution >= 0.6 is 11.8 Å². The van der Waals surface area contributed by atoms with Crippen molar-refractivity contribution in [2.75, 3.05) is 25.4 Å². The molecule has 2 atom stereocenters. The van der Waals surface area contributed by atoms with Crippen molar-refractivity contribution < 1.29 is 4.39 Å². The Morgan fingerprint density at radius 2 is 2.33 bits per heavy atom. The zero-order valence-corrected chi connectivity index (χ0v) is 11.8. The maximum absolute atomic E-state index is 14.0. The number of rotatable bonds is 3. The Bertz CT molecular complexity index is 411. The fraction of sp³-hybridized carbons (Fsp3) is 0.571. The molecule has 0 aromatic heterocycles. The first kappa shape index (κ1) is 13.8. The molecular weight excluding hydrogens is 247 g/mol. The highest BCUT2D eigenvalue weighted by Crippen LogP contribution is 2.28. The van der Waals surface area contributed by atoms with Crippen LogP contribution in [0.4, 0.5) is 4.39 Å². The third-order valence-corrected chi connectivity index (χ3v) is 4.58. The first-order valence-electron chi connectivity index (χ1n) is 6.43. The minimum Gasteiger partial charge on any atom is -0.329 e. The highest BCUT2D eigenvalue weighted by atomic mass is 32.2. The Kier molecular flexibility index (Phi) is 4.65. The highest BCUT2D eigenvalue weighted by Gasteiger charge is 2.26. The number of benzene rings is 1. The molecule has 100 valence electrons. The fourth-order valence-corrected chi connectivity index (χ4v) is 3.56. The summed E-state index contributed by atoms with van der Waals surface area (Å²) in [6.45, 7) is 6.66. The van der Waals surface area contributed by atoms with Crippen LogP contribution in [0.15, 0.2) is 18.2 Å². The number of hydrogen-bond acceptors (Lipinski definition) is 3. The average molecular weight is 268 g/mol. The molecule has 2 N–H and O–H groups in total. The second-order valence-electron chi connectivity index (χ2n) is 4.95. The molecule has 1 fully saturated rings. The van der Waals surface area contributed by atoms with E-state index in [9.17, 15) is 4.39 Å². The average Bonchev–Trinajstić information content (AvgIpc) is 2.35. The molecule has 0 aliphatic carbocycles. The molecular formula is C14H21FN2S. The number of halogens is 1. The van der Waals surface area contributed by atoms with E-state index in [0.29, 0.717) is 11.8 Å². The Morgan fingerprint density at radius 3 is 3.00 bits per heavy atom. The Balaban J connectivity index is 2.24. The maximum atomic E-state index is 14.0. The highest BCUT2D eigenvalue weighted by molar-refractivity contribution is 7.99. The minimum absolute atomic E-state index is 0.00764. The lowest BCUT2D eigenvalue weighted by Gasteiger charge is -2.36. The molecule has 4 heteroatoms. The summed E-state index contributed by atoms with van der Waals surface area (Å²) < 4.78 is 14.0. The van der Waals surface area contributed by atoms with Gasteiger partial charge in [0.25, 0.3) is 0 Å². The summed E-state index contributed by atoms with van der Waals surface area (Å²) in [5.41, 5.74) is 7.72. The van der Waals surface area contributed by atoms with E-state index in [-0.39, 0.29) is 11.9 Å². The second-order valence-corrected chi connectivity index (χ2v) is 6.50. The monoisotopic (exact) mass is 268 g/mol. The largest absolute Gasteiger partial charge is 0.329 e. The molecule has 0 saturated carbocycles. The van der Waals surface area contributed by atoms with Crippen LogP contribution in [-0.2, 0) is 0 Å². The van der Waals surface area contributed by atoms with Gasteiger partial charge in [-0.05, 0) is 13.0 Å². The quantitative estimate of drug-likeness (QED) is 0.913. The lowest BCUT2D eigenvalue weighted by molar-refractivity contribution is 0.207. The van der Waals surface area contributed by atoms with Crippen LogP contribution in [0, 0.1) is 12.7 Å². The Hall–Kier alpha value is -0.580. The minimum atomic E-state index is -0.137. The molecule has 1 aromatic rings. The molecule has 1 saturated heterocycles. The predicted molar refractivity (Wildman–Crippen MR) is 76.4 cm³/mol. The summed E-state index contributed by atoms with van der Waals surface area (Å²) in [5, 5.41) is 0.598. The third kappa shape index (κ3) is 3.05. The van der Waals surface area contributed by atoms with Crippen molar-refractivity contribution in [3.63, 3.8) is 0 Å². The summed E-state index contributed by atoms with van der Waals surface area (Å²) in [7, 11) is 0. The fourth-order valence-electron chi connectivity index (χ4n) is 2.52. The third-order valence-electron chi connectivity index (χ3n) is 3.45. The molecule has 1 aliphatic rings. The van der Waals surface area contributed by atoms with Gasteiger partial charge >= 0.3 is 0 Å². The molecule has 1 aromatic carbocycles. The van der Waals surface area contributed by atoms with Crippen molar-refractivity contribution in [3.05, 3.63) is 35.1 Å². The Morgan fingerprint density at radius 1 is 1.56 bits per heavy atom. The Labute approximate surface area is 113 Å². The SMILES string of the molecule is Cc1ccc(F)c(C(CN)N2CCSC(C)C2)c1. The van der Waals surface area contributed by atoms with Crippen LogP contribution in [0.3, 0.4) is 0 Å². The van der Waals surface area contributed by atoms with Crippen LogP contribution in [0.2, 0.25) is 0 Å². The summed E-state index contributed by atoms with van der Waals surface area (Å²) >= 11 is 1.98. The van der Waals surface area contributed by atoms with Crippen molar-refractivity contribution in [3.8, 4) is 0 Å². The zero-order chi connectivity index (χ0) is 13.1. The van der Waals surface area contributed by atoms with Crippen molar-refractivity contribution in [1.82, 2.24) is 4.90 Å². The molecule has 18 heavy (non-hydrogen) atoms. The molecule has 1 heterocycles. The van der Waals surface area contributed by atoms with Crippen molar-refractivity contribution in [2.45, 2.75) is 25.1 Å². The van der Waals surface area contributed by atoms with Gasteiger partial charge in [0.05, 0.1) is 0 Å². The van der Waals surface area contributed by atoms with Gasteiger partial charge in [-0.3, -0.25) is 4.90 Å². The second kappa shape index (κ2) is 6.04. The summed E-state index contributed by atoms with van der Waals surface area (Å²) in [6, 6.07) is 5.30. The van der Waals surface area contributed by atoms with Gasteiger partial charge in [-0.25, -0.2) is 4.39 Å². The molecule has 1 aliphatic heterocycles. The first-order chi connectivity index (χ1) is 8.61.